The number of hydrogen-bond donors (Lipinski definition) is 1. The number of nitrogens with zero attached hydrogens (tertiary/aromatic N) is 3. The molecule has 0 radical (unpaired) electrons. The van der Waals surface area contributed by atoms with E-state index < -0.39 is 0 Å². The molecule has 0 bridgehead atoms. The molecule has 3 aromatic carbocycles. The Morgan fingerprint density at radius 1 is 0.848 bits per heavy atom. The minimum atomic E-state index is -0.349. The van der Waals surface area contributed by atoms with Crippen molar-refractivity contribution in [1.29, 1.82) is 0 Å². The third-order valence-corrected chi connectivity index (χ3v) is 5.16. The van der Waals surface area contributed by atoms with Crippen LogP contribution < -0.4 is 5.32 Å². The van der Waals surface area contributed by atoms with Gasteiger partial charge >= 0.3 is 5.97 Å². The first-order valence-corrected chi connectivity index (χ1v) is 10.6. The molecule has 0 saturated carbocycles. The fourth-order valence-electron chi connectivity index (χ4n) is 3.48. The van der Waals surface area contributed by atoms with Gasteiger partial charge in [-0.05, 0) is 43.3 Å². The molecule has 0 aliphatic carbocycles. The minimum absolute atomic E-state index is 0.0508. The van der Waals surface area contributed by atoms with Crippen LogP contribution in [0.4, 0.5) is 11.5 Å². The second kappa shape index (κ2) is 9.48. The Labute approximate surface area is 192 Å². The number of ether oxygens (including phenoxy) is 1. The van der Waals surface area contributed by atoms with E-state index in [1.807, 2.05) is 48.5 Å². The molecule has 1 N–H and O–H groups in total. The predicted molar refractivity (Wildman–Crippen MR) is 129 cm³/mol. The molecule has 0 aliphatic heterocycles. The van der Waals surface area contributed by atoms with Crippen LogP contribution in [0, 0.1) is 0 Å². The van der Waals surface area contributed by atoms with Crippen molar-refractivity contribution in [2.75, 3.05) is 26.0 Å². The molecule has 1 aromatic heterocycles. The lowest BCUT2D eigenvalue weighted by atomic mass is 10.0. The number of benzene rings is 3. The quantitative estimate of drug-likeness (QED) is 0.429. The molecule has 0 aliphatic rings. The zero-order valence-corrected chi connectivity index (χ0v) is 18.7. The Kier molecular flexibility index (Phi) is 6.31. The van der Waals surface area contributed by atoms with E-state index in [4.69, 9.17) is 4.74 Å². The number of aromatic nitrogens is 2. The highest BCUT2D eigenvalue weighted by Crippen LogP contribution is 2.31. The molecule has 1 heterocycles. The molecule has 4 rings (SSSR count). The zero-order chi connectivity index (χ0) is 23.4. The number of hydrogen-bond acceptors (Lipinski definition) is 6. The van der Waals surface area contributed by atoms with Crippen LogP contribution in [0.2, 0.25) is 0 Å². The monoisotopic (exact) mass is 440 g/mol. The molecule has 4 aromatic rings. The van der Waals surface area contributed by atoms with E-state index in [0.29, 0.717) is 23.6 Å². The first kappa shape index (κ1) is 22.0. The van der Waals surface area contributed by atoms with Crippen LogP contribution in [-0.2, 0) is 4.74 Å². The Hall–Kier alpha value is -4.26. The number of carbonyl (C=O) groups is 2. The van der Waals surface area contributed by atoms with Crippen molar-refractivity contribution in [3.8, 4) is 11.3 Å². The number of nitrogens with one attached hydrogen (secondary N) is 1. The maximum absolute atomic E-state index is 12.1. The number of carbonyl (C=O) groups excluding carboxylic acids is 2. The molecule has 0 fully saturated rings. The van der Waals surface area contributed by atoms with E-state index >= 15 is 0 Å². The summed E-state index contributed by atoms with van der Waals surface area (Å²) in [6, 6.07) is 22.2. The summed E-state index contributed by atoms with van der Waals surface area (Å²) in [7, 11) is 3.45. The highest BCUT2D eigenvalue weighted by atomic mass is 16.5. The summed E-state index contributed by atoms with van der Waals surface area (Å²) < 4.78 is 5.05. The van der Waals surface area contributed by atoms with E-state index in [1.165, 1.54) is 0 Å². The van der Waals surface area contributed by atoms with Crippen molar-refractivity contribution >= 4 is 34.2 Å². The maximum atomic E-state index is 12.1. The fourth-order valence-corrected chi connectivity index (χ4v) is 3.48. The van der Waals surface area contributed by atoms with Gasteiger partial charge < -0.3 is 15.0 Å². The molecule has 1 amide bonds. The van der Waals surface area contributed by atoms with Gasteiger partial charge in [0.25, 0.3) is 5.91 Å². The van der Waals surface area contributed by atoms with Crippen LogP contribution in [0.3, 0.4) is 0 Å². The molecule has 7 nitrogen and oxygen atoms in total. The normalized spacial score (nSPS) is 10.6. The van der Waals surface area contributed by atoms with Gasteiger partial charge in [-0.25, -0.2) is 4.79 Å². The van der Waals surface area contributed by atoms with Crippen molar-refractivity contribution in [3.63, 3.8) is 0 Å². The average molecular weight is 441 g/mol. The summed E-state index contributed by atoms with van der Waals surface area (Å²) in [4.78, 5) is 25.6. The molecule has 7 heteroatoms. The zero-order valence-electron chi connectivity index (χ0n) is 18.7. The number of rotatable bonds is 6. The lowest BCUT2D eigenvalue weighted by molar-refractivity contribution is 0.0526. The van der Waals surface area contributed by atoms with Crippen LogP contribution in [0.15, 0.2) is 72.8 Å². The molecule has 0 unspecified atom stereocenters. The lowest BCUT2D eigenvalue weighted by Crippen LogP contribution is -2.21. The second-order valence-corrected chi connectivity index (χ2v) is 7.64. The van der Waals surface area contributed by atoms with Crippen molar-refractivity contribution in [1.82, 2.24) is 15.1 Å². The highest BCUT2D eigenvalue weighted by molar-refractivity contribution is 6.01. The van der Waals surface area contributed by atoms with E-state index in [-0.39, 0.29) is 11.9 Å². The van der Waals surface area contributed by atoms with Crippen LogP contribution in [-0.4, -0.2) is 47.7 Å². The summed E-state index contributed by atoms with van der Waals surface area (Å²) in [5, 5.41) is 14.0. The molecule has 0 spiro atoms. The van der Waals surface area contributed by atoms with Crippen molar-refractivity contribution in [3.05, 3.63) is 83.9 Å². The summed E-state index contributed by atoms with van der Waals surface area (Å²) in [5.74, 6) is 0.215. The first-order chi connectivity index (χ1) is 16.0. The van der Waals surface area contributed by atoms with Crippen LogP contribution in [0.25, 0.3) is 22.0 Å². The average Bonchev–Trinajstić information content (AvgIpc) is 2.84. The number of fused-ring (bicyclic) bond motifs is 1. The molecule has 33 heavy (non-hydrogen) atoms. The van der Waals surface area contributed by atoms with E-state index in [2.05, 4.69) is 15.5 Å². The van der Waals surface area contributed by atoms with Gasteiger partial charge in [0.1, 0.15) is 5.69 Å². The first-order valence-electron chi connectivity index (χ1n) is 10.6. The van der Waals surface area contributed by atoms with Crippen molar-refractivity contribution in [2.45, 2.75) is 6.92 Å². The predicted octanol–water partition coefficient (Wildman–Crippen LogP) is 4.92. The van der Waals surface area contributed by atoms with Gasteiger partial charge in [0.05, 0.1) is 12.2 Å². The van der Waals surface area contributed by atoms with Crippen molar-refractivity contribution in [2.24, 2.45) is 0 Å². The van der Waals surface area contributed by atoms with Crippen LogP contribution in [0.5, 0.6) is 0 Å². The van der Waals surface area contributed by atoms with E-state index in [1.54, 1.807) is 50.2 Å². The van der Waals surface area contributed by atoms with E-state index in [9.17, 15) is 9.59 Å². The summed E-state index contributed by atoms with van der Waals surface area (Å²) in [5.41, 5.74) is 3.48. The topological polar surface area (TPSA) is 84.4 Å². The summed E-state index contributed by atoms with van der Waals surface area (Å²) in [6.45, 7) is 2.11. The maximum Gasteiger partial charge on any atom is 0.338 e. The minimum Gasteiger partial charge on any atom is -0.462 e. The van der Waals surface area contributed by atoms with Gasteiger partial charge in [-0.1, -0.05) is 36.4 Å². The third kappa shape index (κ3) is 4.67. The number of esters is 1. The fraction of sp³-hybridized carbons (Fsp3) is 0.154. The van der Waals surface area contributed by atoms with Gasteiger partial charge in [-0.15, -0.1) is 10.2 Å². The molecular formula is C26H24N4O3. The summed E-state index contributed by atoms with van der Waals surface area (Å²) in [6.07, 6.45) is 0. The number of anilines is 2. The Balaban J connectivity index is 1.64. The molecule has 166 valence electrons. The van der Waals surface area contributed by atoms with Gasteiger partial charge in [0.15, 0.2) is 5.82 Å². The van der Waals surface area contributed by atoms with Crippen molar-refractivity contribution < 1.29 is 14.3 Å². The molecule has 0 saturated heterocycles. The van der Waals surface area contributed by atoms with E-state index in [0.717, 1.165) is 27.7 Å². The molecule has 0 atom stereocenters. The smallest absolute Gasteiger partial charge is 0.338 e. The summed E-state index contributed by atoms with van der Waals surface area (Å²) >= 11 is 0. The lowest BCUT2D eigenvalue weighted by Gasteiger charge is -2.13. The second-order valence-electron chi connectivity index (χ2n) is 7.64. The third-order valence-electron chi connectivity index (χ3n) is 5.16. The molecular weight excluding hydrogens is 416 g/mol. The van der Waals surface area contributed by atoms with Crippen LogP contribution >= 0.6 is 0 Å². The van der Waals surface area contributed by atoms with Crippen LogP contribution in [0.1, 0.15) is 27.6 Å². The van der Waals surface area contributed by atoms with Gasteiger partial charge in [0, 0.05) is 41.7 Å². The Morgan fingerprint density at radius 3 is 2.12 bits per heavy atom. The Morgan fingerprint density at radius 2 is 1.48 bits per heavy atom. The number of amides is 1. The van der Waals surface area contributed by atoms with Gasteiger partial charge in [-0.3, -0.25) is 4.79 Å². The van der Waals surface area contributed by atoms with Gasteiger partial charge in [-0.2, -0.15) is 0 Å². The highest BCUT2D eigenvalue weighted by Gasteiger charge is 2.13. The standard InChI is InChI=1S/C26H24N4O3/c1-4-33-26(32)19-11-9-17(10-12-19)23-21-7-5-6-8-22(21)24(29-28-23)27-20-15-13-18(14-16-20)25(31)30(2)3/h5-16H,4H2,1-3H3,(H,27,29). The van der Waals surface area contributed by atoms with Gasteiger partial charge in [0.2, 0.25) is 0 Å². The Bertz CT molecular complexity index is 1300. The SMILES string of the molecule is CCOC(=O)c1ccc(-c2nnc(Nc3ccc(C(=O)N(C)C)cc3)c3ccccc23)cc1. The largest absolute Gasteiger partial charge is 0.462 e.